The number of ether oxygens (including phenoxy) is 1. The molecule has 2 heterocycles. The maximum atomic E-state index is 12.9. The summed E-state index contributed by atoms with van der Waals surface area (Å²) < 4.78 is 6.06. The third kappa shape index (κ3) is 3.81. The van der Waals surface area contributed by atoms with Gasteiger partial charge in [0.15, 0.2) is 4.83 Å². The highest BCUT2D eigenvalue weighted by atomic mass is 32.1. The number of aromatic nitrogens is 3. The van der Waals surface area contributed by atoms with Crippen LogP contribution in [-0.4, -0.2) is 41.2 Å². The number of carbonyl (C=O) groups excluding carboxylic acids is 1. The van der Waals surface area contributed by atoms with Crippen molar-refractivity contribution in [1.82, 2.24) is 20.3 Å². The monoisotopic (exact) mass is 378 g/mol. The highest BCUT2D eigenvalue weighted by molar-refractivity contribution is 7.18. The van der Waals surface area contributed by atoms with Gasteiger partial charge in [0.05, 0.1) is 12.0 Å². The van der Waals surface area contributed by atoms with Crippen molar-refractivity contribution < 1.29 is 9.53 Å². The molecule has 1 N–H and O–H groups in total. The third-order valence-electron chi connectivity index (χ3n) is 5.08. The molecule has 142 valence electrons. The summed E-state index contributed by atoms with van der Waals surface area (Å²) >= 11 is 1.57. The molecule has 0 bridgehead atoms. The molecule has 8 heteroatoms. The van der Waals surface area contributed by atoms with Crippen LogP contribution >= 0.6 is 11.3 Å². The number of aryl methyl sites for hydroxylation is 1. The van der Waals surface area contributed by atoms with E-state index in [1.807, 2.05) is 0 Å². The number of nitrogens with one attached hydrogen (secondary N) is 1. The second-order valence-corrected chi connectivity index (χ2v) is 8.97. The number of nitrogens with zero attached hydrogens (tertiary/aromatic N) is 3. The van der Waals surface area contributed by atoms with Crippen LogP contribution in [0.15, 0.2) is 4.79 Å². The van der Waals surface area contributed by atoms with Gasteiger partial charge >= 0.3 is 0 Å². The van der Waals surface area contributed by atoms with E-state index < -0.39 is 0 Å². The summed E-state index contributed by atoms with van der Waals surface area (Å²) in [6.45, 7) is 7.52. The van der Waals surface area contributed by atoms with E-state index in [1.54, 1.807) is 18.4 Å². The van der Waals surface area contributed by atoms with Crippen molar-refractivity contribution in [2.24, 2.45) is 11.3 Å². The number of carbonyl (C=O) groups is 1. The molecule has 1 aliphatic carbocycles. The second kappa shape index (κ2) is 7.44. The number of hydrogen-bond donors (Lipinski definition) is 1. The summed E-state index contributed by atoms with van der Waals surface area (Å²) in [6.07, 6.45) is 2.94. The van der Waals surface area contributed by atoms with Gasteiger partial charge in [0.2, 0.25) is 5.91 Å². The Balaban J connectivity index is 1.86. The van der Waals surface area contributed by atoms with Gasteiger partial charge in [-0.2, -0.15) is 0 Å². The molecule has 7 nitrogen and oxygen atoms in total. The van der Waals surface area contributed by atoms with Gasteiger partial charge < -0.3 is 10.1 Å². The number of thiophene rings is 1. The quantitative estimate of drug-likeness (QED) is 0.802. The van der Waals surface area contributed by atoms with E-state index in [0.29, 0.717) is 29.3 Å². The first-order valence-electron chi connectivity index (χ1n) is 8.95. The molecule has 0 aliphatic heterocycles. The van der Waals surface area contributed by atoms with Crippen LogP contribution in [0, 0.1) is 11.3 Å². The maximum Gasteiger partial charge on any atom is 0.279 e. The van der Waals surface area contributed by atoms with Gasteiger partial charge in [-0.05, 0) is 36.2 Å². The molecule has 0 spiro atoms. The van der Waals surface area contributed by atoms with Crippen LogP contribution in [0.25, 0.3) is 10.2 Å². The lowest BCUT2D eigenvalue weighted by molar-refractivity contribution is -0.122. The molecule has 0 saturated heterocycles. The molecule has 0 unspecified atom stereocenters. The number of rotatable bonds is 5. The zero-order chi connectivity index (χ0) is 18.9. The minimum absolute atomic E-state index is 0.124. The molecule has 2 aromatic rings. The zero-order valence-corrected chi connectivity index (χ0v) is 16.6. The molecule has 1 amide bonds. The molecular formula is C18H26N4O3S. The Labute approximate surface area is 156 Å². The largest absolute Gasteiger partial charge is 0.383 e. The lowest BCUT2D eigenvalue weighted by Crippen LogP contribution is -2.35. The number of hydrogen-bond acceptors (Lipinski definition) is 6. The SMILES string of the molecule is COCCNC(=O)Cn1nnc2sc3c(c2c1=O)CC[C@H](C(C)(C)C)C3. The number of fused-ring (bicyclic) bond motifs is 3. The summed E-state index contributed by atoms with van der Waals surface area (Å²) in [5, 5.41) is 11.5. The predicted octanol–water partition coefficient (Wildman–Crippen LogP) is 1.77. The van der Waals surface area contributed by atoms with Crippen molar-refractivity contribution in [2.45, 2.75) is 46.6 Å². The maximum absolute atomic E-state index is 12.9. The van der Waals surface area contributed by atoms with Crippen molar-refractivity contribution in [3.8, 4) is 0 Å². The average molecular weight is 378 g/mol. The molecule has 1 aliphatic rings. The summed E-state index contributed by atoms with van der Waals surface area (Å²) in [4.78, 5) is 26.8. The molecule has 3 rings (SSSR count). The van der Waals surface area contributed by atoms with Crippen molar-refractivity contribution >= 4 is 27.5 Å². The average Bonchev–Trinajstić information content (AvgIpc) is 2.95. The van der Waals surface area contributed by atoms with Gasteiger partial charge in [-0.15, -0.1) is 16.4 Å². The molecule has 1 atom stereocenters. The Kier molecular flexibility index (Phi) is 5.43. The van der Waals surface area contributed by atoms with Crippen LogP contribution in [0.3, 0.4) is 0 Å². The summed E-state index contributed by atoms with van der Waals surface area (Å²) in [5.74, 6) is 0.333. The Morgan fingerprint density at radius 1 is 1.42 bits per heavy atom. The van der Waals surface area contributed by atoms with Crippen LogP contribution in [0.4, 0.5) is 0 Å². The van der Waals surface area contributed by atoms with Crippen molar-refractivity contribution in [1.29, 1.82) is 0 Å². The van der Waals surface area contributed by atoms with Gasteiger partial charge in [-0.3, -0.25) is 9.59 Å². The zero-order valence-electron chi connectivity index (χ0n) is 15.8. The molecule has 2 aromatic heterocycles. The lowest BCUT2D eigenvalue weighted by atomic mass is 9.72. The first-order valence-corrected chi connectivity index (χ1v) is 9.76. The third-order valence-corrected chi connectivity index (χ3v) is 6.22. The summed E-state index contributed by atoms with van der Waals surface area (Å²) in [6, 6.07) is 0. The van der Waals surface area contributed by atoms with Crippen molar-refractivity contribution in [3.05, 3.63) is 20.8 Å². The van der Waals surface area contributed by atoms with Crippen LogP contribution in [0.1, 0.15) is 37.6 Å². The smallest absolute Gasteiger partial charge is 0.279 e. The Bertz CT molecular complexity index is 866. The van der Waals surface area contributed by atoms with Gasteiger partial charge in [0, 0.05) is 18.5 Å². The fraction of sp³-hybridized carbons (Fsp3) is 0.667. The van der Waals surface area contributed by atoms with Gasteiger partial charge in [0.25, 0.3) is 5.56 Å². The summed E-state index contributed by atoms with van der Waals surface area (Å²) in [5.41, 5.74) is 1.14. The van der Waals surface area contributed by atoms with Gasteiger partial charge in [-0.25, -0.2) is 4.68 Å². The van der Waals surface area contributed by atoms with E-state index in [1.165, 1.54) is 4.88 Å². The topological polar surface area (TPSA) is 86.1 Å². The number of methoxy groups -OCH3 is 1. The lowest BCUT2D eigenvalue weighted by Gasteiger charge is -2.33. The van der Waals surface area contributed by atoms with Crippen LogP contribution in [0.2, 0.25) is 0 Å². The van der Waals surface area contributed by atoms with E-state index in [9.17, 15) is 9.59 Å². The molecule has 0 fully saturated rings. The minimum Gasteiger partial charge on any atom is -0.383 e. The van der Waals surface area contributed by atoms with Gasteiger partial charge in [-0.1, -0.05) is 26.0 Å². The Hall–Kier alpha value is -1.80. The highest BCUT2D eigenvalue weighted by Gasteiger charge is 2.32. The molecule has 0 aromatic carbocycles. The molecular weight excluding hydrogens is 352 g/mol. The first kappa shape index (κ1) is 19.0. The molecule has 26 heavy (non-hydrogen) atoms. The molecule has 0 saturated carbocycles. The van der Waals surface area contributed by atoms with Crippen LogP contribution in [0.5, 0.6) is 0 Å². The minimum atomic E-state index is -0.269. The number of amides is 1. The normalized spacial score (nSPS) is 17.3. The van der Waals surface area contributed by atoms with Crippen LogP contribution < -0.4 is 10.9 Å². The fourth-order valence-electron chi connectivity index (χ4n) is 3.45. The van der Waals surface area contributed by atoms with E-state index in [2.05, 4.69) is 36.4 Å². The van der Waals surface area contributed by atoms with E-state index in [4.69, 9.17) is 4.74 Å². The second-order valence-electron chi connectivity index (χ2n) is 7.88. The van der Waals surface area contributed by atoms with Crippen LogP contribution in [-0.2, 0) is 28.9 Å². The van der Waals surface area contributed by atoms with E-state index in [0.717, 1.165) is 29.5 Å². The van der Waals surface area contributed by atoms with Crippen molar-refractivity contribution in [2.75, 3.05) is 20.3 Å². The Morgan fingerprint density at radius 2 is 2.19 bits per heavy atom. The van der Waals surface area contributed by atoms with E-state index in [-0.39, 0.29) is 23.4 Å². The molecule has 0 radical (unpaired) electrons. The fourth-order valence-corrected chi connectivity index (χ4v) is 4.69. The van der Waals surface area contributed by atoms with Gasteiger partial charge in [0.1, 0.15) is 6.54 Å². The highest BCUT2D eigenvalue weighted by Crippen LogP contribution is 2.41. The summed E-state index contributed by atoms with van der Waals surface area (Å²) in [7, 11) is 1.57. The predicted molar refractivity (Wildman–Crippen MR) is 102 cm³/mol. The van der Waals surface area contributed by atoms with E-state index >= 15 is 0 Å². The standard InChI is InChI=1S/C18H26N4O3S/c1-18(2,3)11-5-6-12-13(9-11)26-16-15(12)17(24)22(21-20-16)10-14(23)19-7-8-25-4/h11H,5-10H2,1-4H3,(H,19,23)/t11-/m0/s1. The Morgan fingerprint density at radius 3 is 2.88 bits per heavy atom. The first-order chi connectivity index (χ1) is 12.3. The van der Waals surface area contributed by atoms with Crippen molar-refractivity contribution in [3.63, 3.8) is 0 Å².